The number of hydrogen-bond donors (Lipinski definition) is 0. The third kappa shape index (κ3) is 4.53. The zero-order valence-corrected chi connectivity index (χ0v) is 33.4. The predicted octanol–water partition coefficient (Wildman–Crippen LogP) is 13.3. The summed E-state index contributed by atoms with van der Waals surface area (Å²) in [5.41, 5.74) is 17.0. The van der Waals surface area contributed by atoms with E-state index in [1.54, 1.807) is 0 Å². The van der Waals surface area contributed by atoms with E-state index in [-0.39, 0.29) is 12.3 Å². The summed E-state index contributed by atoms with van der Waals surface area (Å²) in [6.07, 6.45) is 0. The molecule has 0 radical (unpaired) electrons. The number of benzene rings is 7. The van der Waals surface area contributed by atoms with E-state index in [1.165, 1.54) is 112 Å². The van der Waals surface area contributed by atoms with Gasteiger partial charge in [-0.25, -0.2) is 0 Å². The molecule has 0 spiro atoms. The number of hydrogen-bond acceptors (Lipinski definition) is 4. The zero-order chi connectivity index (χ0) is 36.7. The standard InChI is InChI=1S/C49H35BN2S3/c1-28-23-35-31-16-12-17-33-46(31)52(47-32-15-8-9-18-40(32)55-48(33)47)50-36-26-43-44(54-42-20-11-10-19-41(42)53-43)27-38(36)51(39(24-28)45(35)50)37-22-21-30(49(2,3)4)25-34(37)29-13-6-5-7-14-29/h5-27H,1-4H3. The highest BCUT2D eigenvalue weighted by Crippen LogP contribution is 2.54. The molecule has 0 amide bonds. The predicted molar refractivity (Wildman–Crippen MR) is 239 cm³/mol. The molecule has 0 N–H and O–H groups in total. The molecule has 0 unspecified atom stereocenters. The van der Waals surface area contributed by atoms with Crippen molar-refractivity contribution in [2.45, 2.75) is 52.7 Å². The molecule has 262 valence electrons. The molecule has 7 aromatic carbocycles. The Balaban J connectivity index is 1.23. The average molecular weight is 759 g/mol. The first-order valence-corrected chi connectivity index (χ1v) is 21.5. The molecule has 2 nitrogen and oxygen atoms in total. The number of rotatable bonds is 2. The van der Waals surface area contributed by atoms with Crippen LogP contribution in [-0.4, -0.2) is 11.3 Å². The topological polar surface area (TPSA) is 8.17 Å². The molecule has 3 aliphatic heterocycles. The van der Waals surface area contributed by atoms with E-state index in [0.717, 1.165) is 0 Å². The van der Waals surface area contributed by atoms with Gasteiger partial charge in [0.25, 0.3) is 0 Å². The SMILES string of the molecule is Cc1cc2c3c(c1)N(c1ccc(C(C)(C)C)cc1-c1ccccc1)c1cc4c(cc1B3n1c3c-2cccc3c2sc3ccccc3c21)Sc1ccccc1S4. The summed E-state index contributed by atoms with van der Waals surface area (Å²) in [6, 6.07) is 53.0. The molecule has 5 heterocycles. The third-order valence-electron chi connectivity index (χ3n) is 11.8. The van der Waals surface area contributed by atoms with Crippen LogP contribution in [0.3, 0.4) is 0 Å². The first-order valence-electron chi connectivity index (χ1n) is 19.0. The molecule has 0 saturated carbocycles. The molecule has 0 atom stereocenters. The van der Waals surface area contributed by atoms with Crippen molar-refractivity contribution in [1.82, 2.24) is 4.48 Å². The van der Waals surface area contributed by atoms with E-state index in [0.29, 0.717) is 0 Å². The zero-order valence-electron chi connectivity index (χ0n) is 31.0. The maximum absolute atomic E-state index is 2.73. The van der Waals surface area contributed by atoms with Crippen molar-refractivity contribution >= 4 is 101 Å². The van der Waals surface area contributed by atoms with E-state index in [9.17, 15) is 0 Å². The summed E-state index contributed by atoms with van der Waals surface area (Å²) in [5.74, 6) is 0. The summed E-state index contributed by atoms with van der Waals surface area (Å²) in [7, 11) is 0. The van der Waals surface area contributed by atoms with E-state index >= 15 is 0 Å². The summed E-state index contributed by atoms with van der Waals surface area (Å²) in [4.78, 5) is 7.93. The third-order valence-corrected chi connectivity index (χ3v) is 15.5. The minimum Gasteiger partial charge on any atom is -0.374 e. The van der Waals surface area contributed by atoms with Gasteiger partial charge in [-0.15, -0.1) is 11.3 Å². The van der Waals surface area contributed by atoms with Crippen LogP contribution >= 0.6 is 34.9 Å². The minimum absolute atomic E-state index is 0.00634. The molecule has 0 saturated heterocycles. The first-order chi connectivity index (χ1) is 26.8. The van der Waals surface area contributed by atoms with Gasteiger partial charge in [-0.05, 0) is 94.0 Å². The molecule has 55 heavy (non-hydrogen) atoms. The second kappa shape index (κ2) is 11.5. The highest BCUT2D eigenvalue weighted by molar-refractivity contribution is 8.05. The van der Waals surface area contributed by atoms with Crippen molar-refractivity contribution in [2.75, 3.05) is 4.90 Å². The summed E-state index contributed by atoms with van der Waals surface area (Å²) in [6.45, 7) is 9.23. The van der Waals surface area contributed by atoms with E-state index in [1.807, 2.05) is 34.9 Å². The number of aromatic nitrogens is 1. The van der Waals surface area contributed by atoms with Crippen molar-refractivity contribution in [3.05, 3.63) is 151 Å². The molecular weight excluding hydrogens is 724 g/mol. The Labute approximate surface area is 333 Å². The number of thiophene rings is 1. The van der Waals surface area contributed by atoms with Crippen LogP contribution in [0.25, 0.3) is 53.5 Å². The van der Waals surface area contributed by atoms with Crippen molar-refractivity contribution in [3.63, 3.8) is 0 Å². The Hall–Kier alpha value is -5.14. The Morgan fingerprint density at radius 3 is 2.07 bits per heavy atom. The smallest absolute Gasteiger partial charge is 0.333 e. The fourth-order valence-corrected chi connectivity index (χ4v) is 12.9. The Morgan fingerprint density at radius 1 is 0.545 bits per heavy atom. The second-order valence-electron chi connectivity index (χ2n) is 16.2. The van der Waals surface area contributed by atoms with Crippen LogP contribution in [0.5, 0.6) is 0 Å². The summed E-state index contributed by atoms with van der Waals surface area (Å²) in [5, 5.41) is 2.69. The average Bonchev–Trinajstić information content (AvgIpc) is 3.73. The monoisotopic (exact) mass is 758 g/mol. The number of para-hydroxylation sites is 1. The molecule has 9 aromatic rings. The number of aryl methyl sites for hydroxylation is 1. The Kier molecular flexibility index (Phi) is 6.69. The Morgan fingerprint density at radius 2 is 1.27 bits per heavy atom. The van der Waals surface area contributed by atoms with E-state index in [4.69, 9.17) is 0 Å². The van der Waals surface area contributed by atoms with Gasteiger partial charge in [-0.2, -0.15) is 0 Å². The van der Waals surface area contributed by atoms with Crippen molar-refractivity contribution in [2.24, 2.45) is 0 Å². The van der Waals surface area contributed by atoms with Gasteiger partial charge in [0.15, 0.2) is 0 Å². The minimum atomic E-state index is 0.00634. The lowest BCUT2D eigenvalue weighted by molar-refractivity contribution is 0.590. The van der Waals surface area contributed by atoms with Crippen LogP contribution in [0.4, 0.5) is 17.1 Å². The van der Waals surface area contributed by atoms with E-state index in [2.05, 4.69) is 177 Å². The molecular formula is C49H35BN2S3. The van der Waals surface area contributed by atoms with Crippen LogP contribution in [0.2, 0.25) is 0 Å². The lowest BCUT2D eigenvalue weighted by Crippen LogP contribution is -2.56. The number of anilines is 3. The van der Waals surface area contributed by atoms with Gasteiger partial charge < -0.3 is 9.38 Å². The van der Waals surface area contributed by atoms with Gasteiger partial charge in [-0.3, -0.25) is 0 Å². The highest BCUT2D eigenvalue weighted by Gasteiger charge is 2.44. The maximum atomic E-state index is 2.73. The van der Waals surface area contributed by atoms with Crippen LogP contribution in [0.1, 0.15) is 31.9 Å². The Bertz CT molecular complexity index is 3110. The fraction of sp³-hybridized carbons (Fsp3) is 0.102. The lowest BCUT2D eigenvalue weighted by atomic mass is 9.45. The number of fused-ring (bicyclic) bond motifs is 11. The fourth-order valence-electron chi connectivity index (χ4n) is 9.35. The van der Waals surface area contributed by atoms with Crippen LogP contribution in [0.15, 0.2) is 159 Å². The highest BCUT2D eigenvalue weighted by atomic mass is 32.2. The van der Waals surface area contributed by atoms with Crippen LogP contribution in [-0.2, 0) is 5.41 Å². The molecule has 0 fully saturated rings. The van der Waals surface area contributed by atoms with Gasteiger partial charge in [0.2, 0.25) is 0 Å². The molecule has 2 aromatic heterocycles. The molecule has 0 bridgehead atoms. The van der Waals surface area contributed by atoms with Gasteiger partial charge >= 0.3 is 6.85 Å². The molecule has 3 aliphatic rings. The second-order valence-corrected chi connectivity index (χ2v) is 19.4. The van der Waals surface area contributed by atoms with Crippen molar-refractivity contribution < 1.29 is 0 Å². The first kappa shape index (κ1) is 32.1. The molecule has 12 rings (SSSR count). The number of nitrogens with zero attached hydrogens (tertiary/aromatic N) is 2. The molecule has 6 heteroatoms. The van der Waals surface area contributed by atoms with Crippen LogP contribution in [0, 0.1) is 6.92 Å². The van der Waals surface area contributed by atoms with Gasteiger partial charge in [0.05, 0.1) is 15.9 Å². The quantitative estimate of drug-likeness (QED) is 0.162. The summed E-state index contributed by atoms with van der Waals surface area (Å²) >= 11 is 5.76. The van der Waals surface area contributed by atoms with Crippen molar-refractivity contribution in [1.29, 1.82) is 0 Å². The van der Waals surface area contributed by atoms with Crippen molar-refractivity contribution in [3.8, 4) is 22.3 Å². The largest absolute Gasteiger partial charge is 0.374 e. The van der Waals surface area contributed by atoms with Gasteiger partial charge in [-0.1, -0.05) is 135 Å². The normalized spacial score (nSPS) is 14.0. The summed E-state index contributed by atoms with van der Waals surface area (Å²) < 4.78 is 5.46. The maximum Gasteiger partial charge on any atom is 0.333 e. The van der Waals surface area contributed by atoms with Gasteiger partial charge in [0, 0.05) is 63.1 Å². The lowest BCUT2D eigenvalue weighted by Gasteiger charge is -2.42. The van der Waals surface area contributed by atoms with Crippen LogP contribution < -0.4 is 15.8 Å². The molecule has 0 aliphatic carbocycles. The van der Waals surface area contributed by atoms with Gasteiger partial charge in [0.1, 0.15) is 0 Å². The van der Waals surface area contributed by atoms with E-state index < -0.39 is 0 Å².